The number of aryl methyl sites for hydroxylation is 1. The number of oxazole rings is 1. The molecule has 0 saturated carbocycles. The Hall–Kier alpha value is -1.66. The Labute approximate surface area is 108 Å². The van der Waals surface area contributed by atoms with E-state index in [0.29, 0.717) is 17.3 Å². The average molecular weight is 267 g/mol. The minimum absolute atomic E-state index is 0.133. The summed E-state index contributed by atoms with van der Waals surface area (Å²) in [4.78, 5) is 15.9. The standard InChI is InChI=1S/C12H13NO4S/c1-7-9(6-16-8(2)12(14)15)13-11(17-7)10-4-3-5-18-10/h3-5,8H,6H2,1-2H3,(H,14,15). The fourth-order valence-electron chi connectivity index (χ4n) is 1.34. The van der Waals surface area contributed by atoms with Gasteiger partial charge in [-0.05, 0) is 25.3 Å². The second kappa shape index (κ2) is 5.32. The highest BCUT2D eigenvalue weighted by molar-refractivity contribution is 7.13. The Morgan fingerprint density at radius 2 is 2.44 bits per heavy atom. The van der Waals surface area contributed by atoms with Crippen molar-refractivity contribution >= 4 is 17.3 Å². The number of hydrogen-bond donors (Lipinski definition) is 1. The first-order valence-corrected chi connectivity index (χ1v) is 6.30. The van der Waals surface area contributed by atoms with Crippen LogP contribution in [0.2, 0.25) is 0 Å². The van der Waals surface area contributed by atoms with Gasteiger partial charge >= 0.3 is 5.97 Å². The minimum Gasteiger partial charge on any atom is -0.479 e. The third-order valence-corrected chi connectivity index (χ3v) is 3.30. The van der Waals surface area contributed by atoms with Crippen molar-refractivity contribution in [2.75, 3.05) is 0 Å². The summed E-state index contributed by atoms with van der Waals surface area (Å²) < 4.78 is 10.7. The molecule has 5 nitrogen and oxygen atoms in total. The first-order chi connectivity index (χ1) is 8.58. The molecule has 2 heterocycles. The maximum absolute atomic E-state index is 10.6. The van der Waals surface area contributed by atoms with Crippen molar-refractivity contribution in [1.82, 2.24) is 4.98 Å². The number of aromatic nitrogens is 1. The molecule has 0 spiro atoms. The van der Waals surface area contributed by atoms with E-state index < -0.39 is 12.1 Å². The number of carboxylic acids is 1. The minimum atomic E-state index is -0.991. The molecule has 0 bridgehead atoms. The number of carbonyl (C=O) groups is 1. The molecule has 2 aromatic heterocycles. The zero-order valence-corrected chi connectivity index (χ0v) is 10.9. The molecule has 0 saturated heterocycles. The predicted octanol–water partition coefficient (Wildman–Crippen LogP) is 2.70. The van der Waals surface area contributed by atoms with Gasteiger partial charge < -0.3 is 14.3 Å². The maximum Gasteiger partial charge on any atom is 0.332 e. The molecule has 0 aromatic carbocycles. The van der Waals surface area contributed by atoms with Gasteiger partial charge in [-0.15, -0.1) is 11.3 Å². The van der Waals surface area contributed by atoms with Gasteiger partial charge in [-0.25, -0.2) is 9.78 Å². The van der Waals surface area contributed by atoms with Crippen molar-refractivity contribution in [1.29, 1.82) is 0 Å². The Morgan fingerprint density at radius 1 is 1.67 bits per heavy atom. The van der Waals surface area contributed by atoms with Crippen LogP contribution in [-0.4, -0.2) is 22.2 Å². The second-order valence-corrected chi connectivity index (χ2v) is 4.74. The number of ether oxygens (including phenoxy) is 1. The van der Waals surface area contributed by atoms with E-state index in [2.05, 4.69) is 4.98 Å². The fourth-order valence-corrected chi connectivity index (χ4v) is 1.99. The van der Waals surface area contributed by atoms with Crippen molar-refractivity contribution in [2.45, 2.75) is 26.6 Å². The molecule has 0 aliphatic carbocycles. The molecule has 18 heavy (non-hydrogen) atoms. The zero-order chi connectivity index (χ0) is 13.1. The van der Waals surface area contributed by atoms with Crippen LogP contribution in [0.4, 0.5) is 0 Å². The van der Waals surface area contributed by atoms with E-state index in [4.69, 9.17) is 14.3 Å². The van der Waals surface area contributed by atoms with Crippen LogP contribution < -0.4 is 0 Å². The molecule has 2 aromatic rings. The summed E-state index contributed by atoms with van der Waals surface area (Å²) in [6.45, 7) is 3.40. The lowest BCUT2D eigenvalue weighted by Gasteiger charge is -2.06. The number of thiophene rings is 1. The Morgan fingerprint density at radius 3 is 3.06 bits per heavy atom. The lowest BCUT2D eigenvalue weighted by molar-refractivity contribution is -0.149. The molecule has 0 aliphatic rings. The predicted molar refractivity (Wildman–Crippen MR) is 66.4 cm³/mol. The van der Waals surface area contributed by atoms with Gasteiger partial charge in [0.05, 0.1) is 11.5 Å². The van der Waals surface area contributed by atoms with Crippen LogP contribution in [0.3, 0.4) is 0 Å². The van der Waals surface area contributed by atoms with Gasteiger partial charge in [-0.1, -0.05) is 6.07 Å². The highest BCUT2D eigenvalue weighted by atomic mass is 32.1. The average Bonchev–Trinajstić information content (AvgIpc) is 2.94. The van der Waals surface area contributed by atoms with E-state index in [-0.39, 0.29) is 6.61 Å². The summed E-state index contributed by atoms with van der Waals surface area (Å²) in [5.74, 6) is 0.203. The maximum atomic E-state index is 10.6. The summed E-state index contributed by atoms with van der Waals surface area (Å²) in [6, 6.07) is 3.84. The number of aliphatic carboxylic acids is 1. The van der Waals surface area contributed by atoms with E-state index in [9.17, 15) is 4.79 Å². The lowest BCUT2D eigenvalue weighted by Crippen LogP contribution is -2.19. The number of carboxylic acid groups (broad SMARTS) is 1. The van der Waals surface area contributed by atoms with E-state index in [1.807, 2.05) is 17.5 Å². The Bertz CT molecular complexity index is 532. The van der Waals surface area contributed by atoms with E-state index in [1.165, 1.54) is 18.3 Å². The fraction of sp³-hybridized carbons (Fsp3) is 0.333. The normalized spacial score (nSPS) is 12.6. The molecule has 0 amide bonds. The molecular formula is C12H13NO4S. The van der Waals surface area contributed by atoms with Gasteiger partial charge in [-0.2, -0.15) is 0 Å². The first-order valence-electron chi connectivity index (χ1n) is 5.42. The molecule has 0 radical (unpaired) electrons. The molecule has 96 valence electrons. The Balaban J connectivity index is 2.08. The van der Waals surface area contributed by atoms with Crippen molar-refractivity contribution in [3.63, 3.8) is 0 Å². The van der Waals surface area contributed by atoms with Gasteiger partial charge in [0.15, 0.2) is 6.10 Å². The van der Waals surface area contributed by atoms with E-state index >= 15 is 0 Å². The van der Waals surface area contributed by atoms with Crippen molar-refractivity contribution < 1.29 is 19.1 Å². The first kappa shape index (κ1) is 12.8. The quantitative estimate of drug-likeness (QED) is 0.901. The van der Waals surface area contributed by atoms with Crippen LogP contribution in [0.5, 0.6) is 0 Å². The molecule has 0 fully saturated rings. The number of nitrogens with zero attached hydrogens (tertiary/aromatic N) is 1. The van der Waals surface area contributed by atoms with E-state index in [0.717, 1.165) is 4.88 Å². The summed E-state index contributed by atoms with van der Waals surface area (Å²) in [7, 11) is 0. The molecule has 0 aliphatic heterocycles. The van der Waals surface area contributed by atoms with Gasteiger partial charge in [-0.3, -0.25) is 0 Å². The largest absolute Gasteiger partial charge is 0.479 e. The van der Waals surface area contributed by atoms with Gasteiger partial charge in [0.2, 0.25) is 5.89 Å². The highest BCUT2D eigenvalue weighted by Crippen LogP contribution is 2.26. The molecule has 1 unspecified atom stereocenters. The summed E-state index contributed by atoms with van der Waals surface area (Å²) in [5.41, 5.74) is 0.631. The molecule has 1 atom stereocenters. The molecule has 2 rings (SSSR count). The SMILES string of the molecule is Cc1oc(-c2cccs2)nc1COC(C)C(=O)O. The van der Waals surface area contributed by atoms with Crippen LogP contribution in [0, 0.1) is 6.92 Å². The third-order valence-electron chi connectivity index (χ3n) is 2.44. The van der Waals surface area contributed by atoms with Crippen molar-refractivity contribution in [3.8, 4) is 10.8 Å². The smallest absolute Gasteiger partial charge is 0.332 e. The van der Waals surface area contributed by atoms with Crippen LogP contribution >= 0.6 is 11.3 Å². The zero-order valence-electron chi connectivity index (χ0n) is 10.0. The van der Waals surface area contributed by atoms with Crippen LogP contribution in [0.1, 0.15) is 18.4 Å². The summed E-state index contributed by atoms with van der Waals surface area (Å²) >= 11 is 1.54. The van der Waals surface area contributed by atoms with E-state index in [1.54, 1.807) is 6.92 Å². The van der Waals surface area contributed by atoms with Crippen LogP contribution in [0.15, 0.2) is 21.9 Å². The lowest BCUT2D eigenvalue weighted by atomic mass is 10.3. The third kappa shape index (κ3) is 2.77. The monoisotopic (exact) mass is 267 g/mol. The molecule has 6 heteroatoms. The summed E-state index contributed by atoms with van der Waals surface area (Å²) in [5, 5.41) is 10.7. The number of rotatable bonds is 5. The second-order valence-electron chi connectivity index (χ2n) is 3.79. The van der Waals surface area contributed by atoms with Crippen molar-refractivity contribution in [2.24, 2.45) is 0 Å². The highest BCUT2D eigenvalue weighted by Gasteiger charge is 2.16. The van der Waals surface area contributed by atoms with Crippen LogP contribution in [0.25, 0.3) is 10.8 Å². The summed E-state index contributed by atoms with van der Waals surface area (Å²) in [6.07, 6.45) is -0.855. The molecule has 1 N–H and O–H groups in total. The Kier molecular flexibility index (Phi) is 3.78. The molecular weight excluding hydrogens is 254 g/mol. The topological polar surface area (TPSA) is 72.6 Å². The van der Waals surface area contributed by atoms with Crippen LogP contribution in [-0.2, 0) is 16.1 Å². The van der Waals surface area contributed by atoms with Gasteiger partial charge in [0.1, 0.15) is 11.5 Å². The van der Waals surface area contributed by atoms with Gasteiger partial charge in [0, 0.05) is 0 Å². The van der Waals surface area contributed by atoms with Gasteiger partial charge in [0.25, 0.3) is 0 Å². The van der Waals surface area contributed by atoms with Crippen molar-refractivity contribution in [3.05, 3.63) is 29.0 Å². The number of hydrogen-bond acceptors (Lipinski definition) is 5.